The number of hydrogen-bond donors (Lipinski definition) is 0. The van der Waals surface area contributed by atoms with Gasteiger partial charge in [0.1, 0.15) is 11.4 Å². The highest BCUT2D eigenvalue weighted by Gasteiger charge is 2.49. The van der Waals surface area contributed by atoms with Crippen molar-refractivity contribution in [1.29, 1.82) is 0 Å². The van der Waals surface area contributed by atoms with Crippen LogP contribution in [-0.4, -0.2) is 67.6 Å². The second kappa shape index (κ2) is 7.00. The van der Waals surface area contributed by atoms with Crippen LogP contribution in [0.1, 0.15) is 56.1 Å². The summed E-state index contributed by atoms with van der Waals surface area (Å²) < 4.78 is 57.6. The fourth-order valence-electron chi connectivity index (χ4n) is 4.42. The third kappa shape index (κ3) is 3.48. The molecule has 2 atom stereocenters. The second-order valence-electron chi connectivity index (χ2n) is 8.36. The minimum absolute atomic E-state index is 0.0554. The van der Waals surface area contributed by atoms with Crippen LogP contribution in [0.3, 0.4) is 0 Å². The molecule has 0 N–H and O–H groups in total. The lowest BCUT2D eigenvalue weighted by Crippen LogP contribution is -2.54. The van der Waals surface area contributed by atoms with E-state index in [4.69, 9.17) is 9.72 Å². The van der Waals surface area contributed by atoms with Crippen LogP contribution in [0.4, 0.5) is 0 Å². The number of sulfone groups is 1. The Morgan fingerprint density at radius 1 is 1.36 bits per heavy atom. The molecular formula is C18H27N3O5S2. The highest BCUT2D eigenvalue weighted by atomic mass is 32.2. The van der Waals surface area contributed by atoms with Crippen LogP contribution < -0.4 is 0 Å². The number of piperidine rings is 1. The molecule has 28 heavy (non-hydrogen) atoms. The van der Waals surface area contributed by atoms with Gasteiger partial charge in [-0.25, -0.2) is 26.8 Å². The van der Waals surface area contributed by atoms with Crippen LogP contribution in [0.15, 0.2) is 6.20 Å². The maximum atomic E-state index is 13.2. The van der Waals surface area contributed by atoms with Gasteiger partial charge in [-0.15, -0.1) is 0 Å². The maximum Gasteiger partial charge on any atom is 0.218 e. The summed E-state index contributed by atoms with van der Waals surface area (Å²) in [5.41, 5.74) is 1.04. The van der Waals surface area contributed by atoms with Crippen molar-refractivity contribution in [2.24, 2.45) is 0 Å². The van der Waals surface area contributed by atoms with Crippen molar-refractivity contribution in [3.8, 4) is 0 Å². The van der Waals surface area contributed by atoms with Gasteiger partial charge in [-0.05, 0) is 31.2 Å². The zero-order valence-corrected chi connectivity index (χ0v) is 17.9. The number of ether oxygens (including phenoxy) is 1. The van der Waals surface area contributed by atoms with Gasteiger partial charge in [-0.1, -0.05) is 13.8 Å². The Morgan fingerprint density at radius 2 is 2.14 bits per heavy atom. The number of nitrogens with zero attached hydrogens (tertiary/aromatic N) is 3. The summed E-state index contributed by atoms with van der Waals surface area (Å²) in [7, 11) is -6.98. The van der Waals surface area contributed by atoms with Crippen molar-refractivity contribution in [3.05, 3.63) is 23.3 Å². The predicted molar refractivity (Wildman–Crippen MR) is 104 cm³/mol. The second-order valence-corrected chi connectivity index (χ2v) is 12.8. The Morgan fingerprint density at radius 3 is 2.82 bits per heavy atom. The molecule has 3 aliphatic rings. The van der Waals surface area contributed by atoms with Crippen molar-refractivity contribution in [1.82, 2.24) is 14.3 Å². The first kappa shape index (κ1) is 20.2. The third-order valence-corrected chi connectivity index (χ3v) is 10.2. The monoisotopic (exact) mass is 429 g/mol. The van der Waals surface area contributed by atoms with Gasteiger partial charge in [-0.2, -0.15) is 4.31 Å². The lowest BCUT2D eigenvalue weighted by molar-refractivity contribution is -0.0937. The van der Waals surface area contributed by atoms with Gasteiger partial charge >= 0.3 is 0 Å². The summed E-state index contributed by atoms with van der Waals surface area (Å²) in [5.74, 6) is 0.553. The maximum absolute atomic E-state index is 13.2. The highest BCUT2D eigenvalue weighted by molar-refractivity contribution is 7.95. The van der Waals surface area contributed by atoms with Crippen molar-refractivity contribution in [2.45, 2.75) is 56.3 Å². The first-order valence-corrected chi connectivity index (χ1v) is 13.2. The molecule has 156 valence electrons. The summed E-state index contributed by atoms with van der Waals surface area (Å²) in [6.45, 7) is 5.13. The molecule has 1 aromatic heterocycles. The fourth-order valence-corrected chi connectivity index (χ4v) is 9.03. The van der Waals surface area contributed by atoms with Crippen LogP contribution in [0, 0.1) is 0 Å². The van der Waals surface area contributed by atoms with E-state index in [2.05, 4.69) is 4.98 Å². The van der Waals surface area contributed by atoms with E-state index in [0.29, 0.717) is 32.4 Å². The Labute approximate surface area is 166 Å². The molecule has 0 amide bonds. The molecule has 10 heteroatoms. The summed E-state index contributed by atoms with van der Waals surface area (Å²) in [4.78, 5) is 9.22. The molecule has 0 aromatic carbocycles. The van der Waals surface area contributed by atoms with E-state index in [9.17, 15) is 16.8 Å². The van der Waals surface area contributed by atoms with Crippen LogP contribution in [0.25, 0.3) is 0 Å². The van der Waals surface area contributed by atoms with E-state index in [1.165, 1.54) is 4.31 Å². The normalized spacial score (nSPS) is 30.6. The third-order valence-electron chi connectivity index (χ3n) is 5.97. The Kier molecular flexibility index (Phi) is 5.05. The zero-order valence-electron chi connectivity index (χ0n) is 16.3. The van der Waals surface area contributed by atoms with Crippen LogP contribution in [-0.2, 0) is 36.6 Å². The average Bonchev–Trinajstić information content (AvgIpc) is 3.02. The molecule has 0 bridgehead atoms. The van der Waals surface area contributed by atoms with E-state index < -0.39 is 30.7 Å². The Balaban J connectivity index is 1.67. The molecule has 4 rings (SSSR count). The van der Waals surface area contributed by atoms with Crippen LogP contribution in [0.2, 0.25) is 0 Å². The van der Waals surface area contributed by atoms with Crippen molar-refractivity contribution >= 4 is 19.9 Å². The van der Waals surface area contributed by atoms with Gasteiger partial charge in [0.15, 0.2) is 9.84 Å². The van der Waals surface area contributed by atoms with Crippen molar-refractivity contribution < 1.29 is 21.6 Å². The van der Waals surface area contributed by atoms with E-state index >= 15 is 0 Å². The SMILES string of the molecule is CC(C)c1ncc2c(n1)[C@]1(CCCN(S(=O)(=O)[C@@H]3CCS(=O)(=O)C3)C1)OCC2. The molecule has 0 aliphatic carbocycles. The van der Waals surface area contributed by atoms with E-state index in [-0.39, 0.29) is 30.4 Å². The van der Waals surface area contributed by atoms with Gasteiger partial charge in [0.2, 0.25) is 10.0 Å². The lowest BCUT2D eigenvalue weighted by Gasteiger charge is -2.45. The Bertz CT molecular complexity index is 977. The van der Waals surface area contributed by atoms with Gasteiger partial charge < -0.3 is 4.74 Å². The quantitative estimate of drug-likeness (QED) is 0.705. The van der Waals surface area contributed by atoms with Crippen molar-refractivity contribution in [3.63, 3.8) is 0 Å². The van der Waals surface area contributed by atoms with Gasteiger partial charge in [0.05, 0.1) is 29.1 Å². The molecule has 2 saturated heterocycles. The molecule has 8 nitrogen and oxygen atoms in total. The van der Waals surface area contributed by atoms with Crippen LogP contribution >= 0.6 is 0 Å². The summed E-state index contributed by atoms with van der Waals surface area (Å²) in [6, 6.07) is 0. The van der Waals surface area contributed by atoms with E-state index in [1.54, 1.807) is 0 Å². The largest absolute Gasteiger partial charge is 0.367 e. The molecular weight excluding hydrogens is 402 g/mol. The first-order valence-electron chi connectivity index (χ1n) is 9.83. The molecule has 4 heterocycles. The zero-order chi connectivity index (χ0) is 20.2. The lowest BCUT2D eigenvalue weighted by atomic mass is 9.85. The highest BCUT2D eigenvalue weighted by Crippen LogP contribution is 2.41. The van der Waals surface area contributed by atoms with Gasteiger partial charge in [-0.3, -0.25) is 0 Å². The molecule has 1 aromatic rings. The number of fused-ring (bicyclic) bond motifs is 2. The number of hydrogen-bond acceptors (Lipinski definition) is 7. The molecule has 3 aliphatic heterocycles. The molecule has 2 fully saturated rings. The first-order chi connectivity index (χ1) is 13.1. The van der Waals surface area contributed by atoms with Gasteiger partial charge in [0, 0.05) is 25.2 Å². The van der Waals surface area contributed by atoms with Crippen LogP contribution in [0.5, 0.6) is 0 Å². The van der Waals surface area contributed by atoms with E-state index in [1.807, 2.05) is 20.0 Å². The fraction of sp³-hybridized carbons (Fsp3) is 0.778. The molecule has 0 radical (unpaired) electrons. The van der Waals surface area contributed by atoms with Crippen molar-refractivity contribution in [2.75, 3.05) is 31.2 Å². The number of sulfonamides is 1. The summed E-state index contributed by atoms with van der Waals surface area (Å²) in [6.07, 6.45) is 4.08. The van der Waals surface area contributed by atoms with Gasteiger partial charge in [0.25, 0.3) is 0 Å². The molecule has 0 saturated carbocycles. The summed E-state index contributed by atoms with van der Waals surface area (Å²) >= 11 is 0. The number of aromatic nitrogens is 2. The molecule has 0 unspecified atom stereocenters. The minimum Gasteiger partial charge on any atom is -0.367 e. The minimum atomic E-state index is -3.71. The summed E-state index contributed by atoms with van der Waals surface area (Å²) in [5, 5.41) is -0.854. The van der Waals surface area contributed by atoms with E-state index in [0.717, 1.165) is 17.1 Å². The molecule has 1 spiro atoms. The predicted octanol–water partition coefficient (Wildman–Crippen LogP) is 0.981. The topological polar surface area (TPSA) is 107 Å². The smallest absolute Gasteiger partial charge is 0.218 e. The standard InChI is InChI=1S/C18H27N3O5S2/c1-13(2)17-19-10-14-4-8-26-18(16(14)20-17)6-3-7-21(12-18)28(24,25)15-5-9-27(22,23)11-15/h10,13,15H,3-9,11-12H2,1-2H3/t15-,18-/m1/s1. The average molecular weight is 430 g/mol. The Hall–Kier alpha value is -1.10. The number of rotatable bonds is 3.